The summed E-state index contributed by atoms with van der Waals surface area (Å²) in [5.41, 5.74) is 2.84. The third kappa shape index (κ3) is 3.69. The standard InChI is InChI=1S/C16H21NS/c1-13-10-12-18-16(13)14(2)17-11-6-9-15-7-4-3-5-8-15/h3-5,7-8,10,12,14,17H,6,9,11H2,1-2H3. The second-order valence-corrected chi connectivity index (χ2v) is 5.68. The van der Waals surface area contributed by atoms with Crippen LogP contribution in [0, 0.1) is 6.92 Å². The van der Waals surface area contributed by atoms with Crippen molar-refractivity contribution in [2.45, 2.75) is 32.7 Å². The number of benzene rings is 1. The molecule has 0 aliphatic carbocycles. The quantitative estimate of drug-likeness (QED) is 0.761. The van der Waals surface area contributed by atoms with Crippen LogP contribution in [0.25, 0.3) is 0 Å². The highest BCUT2D eigenvalue weighted by molar-refractivity contribution is 7.10. The van der Waals surface area contributed by atoms with Crippen molar-refractivity contribution in [1.82, 2.24) is 5.32 Å². The molecule has 2 aromatic rings. The van der Waals surface area contributed by atoms with Gasteiger partial charge in [-0.15, -0.1) is 11.3 Å². The molecule has 2 heteroatoms. The molecule has 1 nitrogen and oxygen atoms in total. The number of nitrogens with one attached hydrogen (secondary N) is 1. The van der Waals surface area contributed by atoms with Crippen molar-refractivity contribution >= 4 is 11.3 Å². The predicted octanol–water partition coefficient (Wildman–Crippen LogP) is 4.34. The Hall–Kier alpha value is -1.12. The Kier molecular flexibility index (Phi) is 4.97. The molecule has 96 valence electrons. The first kappa shape index (κ1) is 13.3. The van der Waals surface area contributed by atoms with Crippen LogP contribution in [0.2, 0.25) is 0 Å². The van der Waals surface area contributed by atoms with Gasteiger partial charge in [-0.1, -0.05) is 30.3 Å². The zero-order chi connectivity index (χ0) is 12.8. The largest absolute Gasteiger partial charge is 0.309 e. The van der Waals surface area contributed by atoms with Crippen LogP contribution in [0.1, 0.15) is 35.4 Å². The SMILES string of the molecule is Cc1ccsc1C(C)NCCCc1ccccc1. The van der Waals surface area contributed by atoms with E-state index in [0.717, 1.165) is 13.0 Å². The Balaban J connectivity index is 1.71. The maximum absolute atomic E-state index is 3.61. The Labute approximate surface area is 114 Å². The number of hydrogen-bond donors (Lipinski definition) is 1. The van der Waals surface area contributed by atoms with E-state index in [2.05, 4.69) is 60.9 Å². The Morgan fingerprint density at radius 1 is 1.17 bits per heavy atom. The van der Waals surface area contributed by atoms with E-state index in [1.54, 1.807) is 0 Å². The topological polar surface area (TPSA) is 12.0 Å². The van der Waals surface area contributed by atoms with Crippen LogP contribution >= 0.6 is 11.3 Å². The minimum absolute atomic E-state index is 0.473. The van der Waals surface area contributed by atoms with Crippen molar-refractivity contribution in [3.05, 3.63) is 57.8 Å². The summed E-state index contributed by atoms with van der Waals surface area (Å²) in [6, 6.07) is 13.4. The summed E-state index contributed by atoms with van der Waals surface area (Å²) >= 11 is 1.85. The minimum atomic E-state index is 0.473. The second-order valence-electron chi connectivity index (χ2n) is 4.73. The molecule has 1 unspecified atom stereocenters. The van der Waals surface area contributed by atoms with Crippen LogP contribution in [0.4, 0.5) is 0 Å². The number of hydrogen-bond acceptors (Lipinski definition) is 2. The van der Waals surface area contributed by atoms with E-state index >= 15 is 0 Å². The zero-order valence-electron chi connectivity index (χ0n) is 11.1. The lowest BCUT2D eigenvalue weighted by atomic mass is 10.1. The number of thiophene rings is 1. The molecule has 1 aromatic heterocycles. The fourth-order valence-corrected chi connectivity index (χ4v) is 3.14. The summed E-state index contributed by atoms with van der Waals surface area (Å²) in [4.78, 5) is 1.47. The average Bonchev–Trinajstić information content (AvgIpc) is 2.82. The van der Waals surface area contributed by atoms with Crippen molar-refractivity contribution in [2.75, 3.05) is 6.54 Å². The van der Waals surface area contributed by atoms with Gasteiger partial charge in [0.15, 0.2) is 0 Å². The minimum Gasteiger partial charge on any atom is -0.309 e. The first-order valence-electron chi connectivity index (χ1n) is 6.58. The van der Waals surface area contributed by atoms with E-state index < -0.39 is 0 Å². The maximum atomic E-state index is 3.61. The molecule has 0 radical (unpaired) electrons. The molecule has 1 heterocycles. The normalized spacial score (nSPS) is 12.6. The van der Waals surface area contributed by atoms with E-state index in [1.807, 2.05) is 11.3 Å². The highest BCUT2D eigenvalue weighted by atomic mass is 32.1. The van der Waals surface area contributed by atoms with Gasteiger partial charge in [-0.05, 0) is 55.8 Å². The monoisotopic (exact) mass is 259 g/mol. The van der Waals surface area contributed by atoms with Gasteiger partial charge in [0, 0.05) is 10.9 Å². The summed E-state index contributed by atoms with van der Waals surface area (Å²) < 4.78 is 0. The van der Waals surface area contributed by atoms with Crippen molar-refractivity contribution < 1.29 is 0 Å². The molecule has 0 fully saturated rings. The summed E-state index contributed by atoms with van der Waals surface area (Å²) in [6.07, 6.45) is 2.35. The van der Waals surface area contributed by atoms with E-state index in [9.17, 15) is 0 Å². The van der Waals surface area contributed by atoms with Crippen LogP contribution in [-0.4, -0.2) is 6.54 Å². The first-order chi connectivity index (χ1) is 8.77. The summed E-state index contributed by atoms with van der Waals surface area (Å²) in [5, 5.41) is 5.78. The lowest BCUT2D eigenvalue weighted by Crippen LogP contribution is -2.20. The first-order valence-corrected chi connectivity index (χ1v) is 7.46. The van der Waals surface area contributed by atoms with Crippen LogP contribution in [0.3, 0.4) is 0 Å². The van der Waals surface area contributed by atoms with Gasteiger partial charge in [0.1, 0.15) is 0 Å². The number of aryl methyl sites for hydroxylation is 2. The molecule has 1 atom stereocenters. The van der Waals surface area contributed by atoms with Gasteiger partial charge in [-0.3, -0.25) is 0 Å². The summed E-state index contributed by atoms with van der Waals surface area (Å²) in [6.45, 7) is 5.52. The van der Waals surface area contributed by atoms with E-state index in [1.165, 1.54) is 22.4 Å². The van der Waals surface area contributed by atoms with Crippen LogP contribution < -0.4 is 5.32 Å². The molecular weight excluding hydrogens is 238 g/mol. The lowest BCUT2D eigenvalue weighted by Gasteiger charge is -2.13. The van der Waals surface area contributed by atoms with Crippen LogP contribution in [0.15, 0.2) is 41.8 Å². The third-order valence-electron chi connectivity index (χ3n) is 3.23. The molecule has 0 aliphatic rings. The molecule has 0 amide bonds. The molecule has 0 spiro atoms. The molecule has 18 heavy (non-hydrogen) atoms. The molecule has 1 N–H and O–H groups in total. The van der Waals surface area contributed by atoms with Gasteiger partial charge in [-0.25, -0.2) is 0 Å². The third-order valence-corrected chi connectivity index (χ3v) is 4.43. The van der Waals surface area contributed by atoms with Crippen molar-refractivity contribution in [2.24, 2.45) is 0 Å². The Morgan fingerprint density at radius 3 is 2.61 bits per heavy atom. The van der Waals surface area contributed by atoms with Gasteiger partial charge < -0.3 is 5.32 Å². The highest BCUT2D eigenvalue weighted by Crippen LogP contribution is 2.23. The molecular formula is C16H21NS. The molecule has 0 bridgehead atoms. The molecule has 2 rings (SSSR count). The van der Waals surface area contributed by atoms with Crippen molar-refractivity contribution in [1.29, 1.82) is 0 Å². The predicted molar refractivity (Wildman–Crippen MR) is 80.2 cm³/mol. The molecule has 0 saturated carbocycles. The van der Waals surface area contributed by atoms with Crippen molar-refractivity contribution in [3.8, 4) is 0 Å². The number of rotatable bonds is 6. The smallest absolute Gasteiger partial charge is 0.0388 e. The van der Waals surface area contributed by atoms with Gasteiger partial charge >= 0.3 is 0 Å². The Morgan fingerprint density at radius 2 is 1.94 bits per heavy atom. The maximum Gasteiger partial charge on any atom is 0.0388 e. The van der Waals surface area contributed by atoms with E-state index in [0.29, 0.717) is 6.04 Å². The molecule has 1 aromatic carbocycles. The van der Waals surface area contributed by atoms with Gasteiger partial charge in [0.25, 0.3) is 0 Å². The van der Waals surface area contributed by atoms with Crippen LogP contribution in [-0.2, 0) is 6.42 Å². The summed E-state index contributed by atoms with van der Waals surface area (Å²) in [7, 11) is 0. The van der Waals surface area contributed by atoms with E-state index in [4.69, 9.17) is 0 Å². The van der Waals surface area contributed by atoms with E-state index in [-0.39, 0.29) is 0 Å². The van der Waals surface area contributed by atoms with Gasteiger partial charge in [0.05, 0.1) is 0 Å². The second kappa shape index (κ2) is 6.72. The van der Waals surface area contributed by atoms with Gasteiger partial charge in [0.2, 0.25) is 0 Å². The molecule has 0 aliphatic heterocycles. The highest BCUT2D eigenvalue weighted by Gasteiger charge is 2.08. The lowest BCUT2D eigenvalue weighted by molar-refractivity contribution is 0.563. The molecule has 0 saturated heterocycles. The summed E-state index contributed by atoms with van der Waals surface area (Å²) in [5.74, 6) is 0. The Bertz CT molecular complexity index is 461. The zero-order valence-corrected chi connectivity index (χ0v) is 12.0. The average molecular weight is 259 g/mol. The fraction of sp³-hybridized carbons (Fsp3) is 0.375. The van der Waals surface area contributed by atoms with Crippen molar-refractivity contribution in [3.63, 3.8) is 0 Å². The van der Waals surface area contributed by atoms with Gasteiger partial charge in [-0.2, -0.15) is 0 Å². The fourth-order valence-electron chi connectivity index (χ4n) is 2.18. The van der Waals surface area contributed by atoms with Crippen LogP contribution in [0.5, 0.6) is 0 Å².